The third-order valence-corrected chi connectivity index (χ3v) is 3.14. The fourth-order valence-electron chi connectivity index (χ4n) is 2.36. The van der Waals surface area contributed by atoms with Crippen LogP contribution in [0.3, 0.4) is 0 Å². The summed E-state index contributed by atoms with van der Waals surface area (Å²) in [7, 11) is 4.16. The SMILES string of the molecule is CC(CN(C)C)n1c(CCCl)nc2cnccc21. The van der Waals surface area contributed by atoms with Crippen molar-refractivity contribution in [3.8, 4) is 0 Å². The molecule has 1 unspecified atom stereocenters. The zero-order valence-corrected chi connectivity index (χ0v) is 11.9. The second-order valence-electron chi connectivity index (χ2n) is 4.81. The number of alkyl halides is 1. The molecule has 0 aliphatic rings. The Balaban J connectivity index is 2.47. The van der Waals surface area contributed by atoms with E-state index in [9.17, 15) is 0 Å². The predicted octanol–water partition coefficient (Wildman–Crippen LogP) is 2.34. The maximum Gasteiger partial charge on any atom is 0.111 e. The van der Waals surface area contributed by atoms with Gasteiger partial charge in [-0.25, -0.2) is 4.98 Å². The molecule has 4 nitrogen and oxygen atoms in total. The van der Waals surface area contributed by atoms with E-state index >= 15 is 0 Å². The summed E-state index contributed by atoms with van der Waals surface area (Å²) in [6.45, 7) is 3.18. The average molecular weight is 267 g/mol. The van der Waals surface area contributed by atoms with Crippen molar-refractivity contribution >= 4 is 22.6 Å². The highest BCUT2D eigenvalue weighted by Crippen LogP contribution is 2.21. The summed E-state index contributed by atoms with van der Waals surface area (Å²) in [6.07, 6.45) is 4.41. The number of aryl methyl sites for hydroxylation is 1. The van der Waals surface area contributed by atoms with Gasteiger partial charge < -0.3 is 9.47 Å². The molecule has 0 radical (unpaired) electrons. The quantitative estimate of drug-likeness (QED) is 0.779. The Morgan fingerprint density at radius 3 is 2.89 bits per heavy atom. The highest BCUT2D eigenvalue weighted by atomic mass is 35.5. The molecule has 18 heavy (non-hydrogen) atoms. The molecule has 0 amide bonds. The van der Waals surface area contributed by atoms with E-state index in [1.54, 1.807) is 0 Å². The Hall–Kier alpha value is -1.13. The van der Waals surface area contributed by atoms with Crippen LogP contribution < -0.4 is 0 Å². The van der Waals surface area contributed by atoms with Gasteiger partial charge in [-0.3, -0.25) is 4.98 Å². The third-order valence-electron chi connectivity index (χ3n) is 2.95. The van der Waals surface area contributed by atoms with Crippen molar-refractivity contribution in [3.05, 3.63) is 24.3 Å². The van der Waals surface area contributed by atoms with E-state index in [0.717, 1.165) is 29.8 Å². The molecule has 0 saturated heterocycles. The van der Waals surface area contributed by atoms with Gasteiger partial charge in [-0.2, -0.15) is 0 Å². The van der Waals surface area contributed by atoms with E-state index < -0.39 is 0 Å². The monoisotopic (exact) mass is 266 g/mol. The molecule has 0 aliphatic heterocycles. The molecule has 98 valence electrons. The first kappa shape index (κ1) is 13.3. The number of imidazole rings is 1. The van der Waals surface area contributed by atoms with E-state index in [2.05, 4.69) is 40.5 Å². The molecule has 2 aromatic heterocycles. The Morgan fingerprint density at radius 1 is 1.44 bits per heavy atom. The first-order valence-corrected chi connectivity index (χ1v) is 6.68. The largest absolute Gasteiger partial charge is 0.324 e. The van der Waals surface area contributed by atoms with Crippen molar-refractivity contribution < 1.29 is 0 Å². The smallest absolute Gasteiger partial charge is 0.111 e. The highest BCUT2D eigenvalue weighted by Gasteiger charge is 2.15. The van der Waals surface area contributed by atoms with E-state index in [-0.39, 0.29) is 0 Å². The predicted molar refractivity (Wildman–Crippen MR) is 75.2 cm³/mol. The molecular formula is C13H19ClN4. The minimum Gasteiger partial charge on any atom is -0.324 e. The molecule has 1 atom stereocenters. The molecule has 0 spiro atoms. The van der Waals surface area contributed by atoms with Crippen molar-refractivity contribution in [1.82, 2.24) is 19.4 Å². The molecule has 2 aromatic rings. The Labute approximate surface area is 113 Å². The Kier molecular flexibility index (Phi) is 4.19. The van der Waals surface area contributed by atoms with Crippen LogP contribution in [0.25, 0.3) is 11.0 Å². The maximum absolute atomic E-state index is 5.87. The van der Waals surface area contributed by atoms with Crippen molar-refractivity contribution in [1.29, 1.82) is 0 Å². The van der Waals surface area contributed by atoms with E-state index in [1.807, 2.05) is 18.5 Å². The van der Waals surface area contributed by atoms with Gasteiger partial charge in [-0.1, -0.05) is 0 Å². The fourth-order valence-corrected chi connectivity index (χ4v) is 2.53. The summed E-state index contributed by atoms with van der Waals surface area (Å²) < 4.78 is 2.28. The first-order valence-electron chi connectivity index (χ1n) is 6.15. The normalized spacial score (nSPS) is 13.4. The van der Waals surface area contributed by atoms with E-state index in [4.69, 9.17) is 11.6 Å². The van der Waals surface area contributed by atoms with Gasteiger partial charge in [0, 0.05) is 31.1 Å². The second kappa shape index (κ2) is 5.67. The minimum atomic E-state index is 0.366. The van der Waals surface area contributed by atoms with Crippen LogP contribution in [0, 0.1) is 0 Å². The number of fused-ring (bicyclic) bond motifs is 1. The summed E-state index contributed by atoms with van der Waals surface area (Å²) in [5.41, 5.74) is 2.09. The minimum absolute atomic E-state index is 0.366. The number of rotatable bonds is 5. The van der Waals surface area contributed by atoms with Crippen LogP contribution in [0.5, 0.6) is 0 Å². The lowest BCUT2D eigenvalue weighted by Crippen LogP contribution is -2.23. The van der Waals surface area contributed by atoms with Crippen molar-refractivity contribution in [2.75, 3.05) is 26.5 Å². The number of likely N-dealkylation sites (N-methyl/N-ethyl adjacent to an activating group) is 1. The second-order valence-corrected chi connectivity index (χ2v) is 5.19. The molecule has 0 aromatic carbocycles. The molecule has 0 fully saturated rings. The zero-order valence-electron chi connectivity index (χ0n) is 11.1. The van der Waals surface area contributed by atoms with Gasteiger partial charge in [0.25, 0.3) is 0 Å². The van der Waals surface area contributed by atoms with Crippen LogP contribution in [0.2, 0.25) is 0 Å². The number of aromatic nitrogens is 3. The van der Waals surface area contributed by atoms with Crippen molar-refractivity contribution in [3.63, 3.8) is 0 Å². The van der Waals surface area contributed by atoms with E-state index in [1.165, 1.54) is 0 Å². The summed E-state index contributed by atoms with van der Waals surface area (Å²) in [6, 6.07) is 2.39. The Bertz CT molecular complexity index is 521. The number of pyridine rings is 1. The van der Waals surface area contributed by atoms with Gasteiger partial charge in [0.2, 0.25) is 0 Å². The fraction of sp³-hybridized carbons (Fsp3) is 0.538. The standard InChI is InChI=1S/C13H19ClN4/c1-10(9-17(2)3)18-12-5-7-15-8-11(12)16-13(18)4-6-14/h5,7-8,10H,4,6,9H2,1-3H3. The third kappa shape index (κ3) is 2.65. The van der Waals surface area contributed by atoms with Crippen LogP contribution in [0.1, 0.15) is 18.8 Å². The van der Waals surface area contributed by atoms with Gasteiger partial charge in [0.1, 0.15) is 11.3 Å². The molecule has 2 rings (SSSR count). The first-order chi connectivity index (χ1) is 8.63. The topological polar surface area (TPSA) is 34.0 Å². The summed E-state index contributed by atoms with van der Waals surface area (Å²) in [5, 5.41) is 0. The molecule has 0 aliphatic carbocycles. The molecule has 2 heterocycles. The summed E-state index contributed by atoms with van der Waals surface area (Å²) in [5.74, 6) is 1.63. The lowest BCUT2D eigenvalue weighted by molar-refractivity contribution is 0.337. The highest BCUT2D eigenvalue weighted by molar-refractivity contribution is 6.17. The van der Waals surface area contributed by atoms with Crippen LogP contribution in [-0.2, 0) is 6.42 Å². The van der Waals surface area contributed by atoms with Crippen molar-refractivity contribution in [2.45, 2.75) is 19.4 Å². The number of hydrogen-bond acceptors (Lipinski definition) is 3. The number of hydrogen-bond donors (Lipinski definition) is 0. The van der Waals surface area contributed by atoms with Crippen LogP contribution >= 0.6 is 11.6 Å². The molecule has 0 bridgehead atoms. The lowest BCUT2D eigenvalue weighted by atomic mass is 10.2. The Morgan fingerprint density at radius 2 is 2.22 bits per heavy atom. The van der Waals surface area contributed by atoms with Gasteiger partial charge in [-0.05, 0) is 27.1 Å². The van der Waals surface area contributed by atoms with Crippen LogP contribution in [0.15, 0.2) is 18.5 Å². The number of nitrogens with zero attached hydrogens (tertiary/aromatic N) is 4. The molecule has 0 saturated carbocycles. The van der Waals surface area contributed by atoms with Gasteiger partial charge in [-0.15, -0.1) is 11.6 Å². The maximum atomic E-state index is 5.87. The van der Waals surface area contributed by atoms with E-state index in [0.29, 0.717) is 11.9 Å². The average Bonchev–Trinajstić information content (AvgIpc) is 2.66. The summed E-state index contributed by atoms with van der Waals surface area (Å²) >= 11 is 5.87. The lowest BCUT2D eigenvalue weighted by Gasteiger charge is -2.21. The molecular weight excluding hydrogens is 248 g/mol. The number of halogens is 1. The van der Waals surface area contributed by atoms with Crippen molar-refractivity contribution in [2.24, 2.45) is 0 Å². The zero-order chi connectivity index (χ0) is 13.1. The van der Waals surface area contributed by atoms with Gasteiger partial charge in [0.05, 0.1) is 11.7 Å². The van der Waals surface area contributed by atoms with Crippen LogP contribution in [0.4, 0.5) is 0 Å². The van der Waals surface area contributed by atoms with Gasteiger partial charge >= 0.3 is 0 Å². The van der Waals surface area contributed by atoms with Gasteiger partial charge in [0.15, 0.2) is 0 Å². The molecule has 0 N–H and O–H groups in total. The summed E-state index contributed by atoms with van der Waals surface area (Å²) in [4.78, 5) is 10.9. The van der Waals surface area contributed by atoms with Crippen LogP contribution in [-0.4, -0.2) is 46.0 Å². The molecule has 5 heteroatoms.